The summed E-state index contributed by atoms with van der Waals surface area (Å²) in [5, 5.41) is 0. The Morgan fingerprint density at radius 1 is 0.704 bits per heavy atom. The molecule has 0 radical (unpaired) electrons. The average molecular weight is 364 g/mol. The van der Waals surface area contributed by atoms with E-state index in [-0.39, 0.29) is 0 Å². The molecule has 27 heavy (non-hydrogen) atoms. The first-order valence-corrected chi connectivity index (χ1v) is 8.38. The lowest BCUT2D eigenvalue weighted by Gasteiger charge is -2.37. The molecule has 0 fully saturated rings. The van der Waals surface area contributed by atoms with Crippen molar-refractivity contribution in [3.8, 4) is 0 Å². The van der Waals surface area contributed by atoms with E-state index in [1.807, 2.05) is 0 Å². The quantitative estimate of drug-likeness (QED) is 0.459. The van der Waals surface area contributed by atoms with E-state index >= 15 is 4.39 Å². The zero-order valence-corrected chi connectivity index (χ0v) is 14.2. The van der Waals surface area contributed by atoms with Crippen LogP contribution in [0, 0.1) is 17.5 Å². The maximum atomic E-state index is 15.0. The summed E-state index contributed by atoms with van der Waals surface area (Å²) in [4.78, 5) is 4.12. The van der Waals surface area contributed by atoms with Crippen molar-refractivity contribution < 1.29 is 13.2 Å². The molecule has 0 saturated carbocycles. The lowest BCUT2D eigenvalue weighted by Crippen LogP contribution is -2.38. The van der Waals surface area contributed by atoms with Crippen LogP contribution >= 0.6 is 0 Å². The molecule has 0 N–H and O–H groups in total. The summed E-state index contributed by atoms with van der Waals surface area (Å²) in [5.74, 6) is -1.23. The molecular formula is C22H15F3N2. The SMILES string of the molecule is Fc1ccc(C(c2ccc(F)cc2)(c2ccccc2F)n2ccnc2)cc1. The average Bonchev–Trinajstić information content (AvgIpc) is 3.21. The van der Waals surface area contributed by atoms with E-state index in [2.05, 4.69) is 4.98 Å². The summed E-state index contributed by atoms with van der Waals surface area (Å²) < 4.78 is 44.0. The molecule has 1 aromatic heterocycles. The van der Waals surface area contributed by atoms with Crippen LogP contribution in [0.25, 0.3) is 0 Å². The zero-order chi connectivity index (χ0) is 18.9. The highest BCUT2D eigenvalue weighted by molar-refractivity contribution is 5.51. The highest BCUT2D eigenvalue weighted by Gasteiger charge is 2.40. The lowest BCUT2D eigenvalue weighted by molar-refractivity contribution is 0.476. The predicted molar refractivity (Wildman–Crippen MR) is 96.7 cm³/mol. The van der Waals surface area contributed by atoms with Gasteiger partial charge in [0.1, 0.15) is 23.0 Å². The molecule has 5 heteroatoms. The molecule has 0 aliphatic carbocycles. The van der Waals surface area contributed by atoms with E-state index in [1.54, 1.807) is 65.8 Å². The highest BCUT2D eigenvalue weighted by Crippen LogP contribution is 2.41. The largest absolute Gasteiger partial charge is 0.319 e. The molecule has 0 saturated heterocycles. The van der Waals surface area contributed by atoms with Crippen LogP contribution < -0.4 is 0 Å². The smallest absolute Gasteiger partial charge is 0.129 e. The zero-order valence-electron chi connectivity index (χ0n) is 14.2. The molecule has 4 aromatic rings. The monoisotopic (exact) mass is 364 g/mol. The Labute approximate surface area is 154 Å². The van der Waals surface area contributed by atoms with Crippen molar-refractivity contribution >= 4 is 0 Å². The lowest BCUT2D eigenvalue weighted by atomic mass is 9.76. The minimum atomic E-state index is -1.18. The van der Waals surface area contributed by atoms with Crippen LogP contribution in [0.15, 0.2) is 91.5 Å². The van der Waals surface area contributed by atoms with Crippen molar-refractivity contribution in [2.24, 2.45) is 0 Å². The molecule has 0 amide bonds. The van der Waals surface area contributed by atoms with Gasteiger partial charge in [0.05, 0.1) is 6.33 Å². The summed E-state index contributed by atoms with van der Waals surface area (Å²) in [7, 11) is 0. The fourth-order valence-electron chi connectivity index (χ4n) is 3.51. The fraction of sp³-hybridized carbons (Fsp3) is 0.0455. The maximum absolute atomic E-state index is 15.0. The molecule has 4 rings (SSSR count). The van der Waals surface area contributed by atoms with Crippen LogP contribution in [0.3, 0.4) is 0 Å². The number of aromatic nitrogens is 2. The second-order valence-electron chi connectivity index (χ2n) is 6.17. The second kappa shape index (κ2) is 6.76. The molecule has 2 nitrogen and oxygen atoms in total. The summed E-state index contributed by atoms with van der Waals surface area (Å²) in [6.07, 6.45) is 4.86. The molecule has 0 spiro atoms. The molecule has 0 unspecified atom stereocenters. The molecule has 1 heterocycles. The minimum Gasteiger partial charge on any atom is -0.319 e. The molecule has 0 bridgehead atoms. The minimum absolute atomic E-state index is 0.348. The molecule has 0 aliphatic rings. The number of benzene rings is 3. The van der Waals surface area contributed by atoms with Gasteiger partial charge in [-0.25, -0.2) is 18.2 Å². The predicted octanol–water partition coefficient (Wildman–Crippen LogP) is 5.14. The van der Waals surface area contributed by atoms with Crippen LogP contribution in [-0.2, 0) is 5.54 Å². The van der Waals surface area contributed by atoms with Gasteiger partial charge in [-0.1, -0.05) is 42.5 Å². The van der Waals surface area contributed by atoms with Gasteiger partial charge >= 0.3 is 0 Å². The van der Waals surface area contributed by atoms with Gasteiger partial charge < -0.3 is 4.57 Å². The van der Waals surface area contributed by atoms with E-state index in [1.165, 1.54) is 30.3 Å². The molecule has 134 valence electrons. The van der Waals surface area contributed by atoms with Gasteiger partial charge in [-0.2, -0.15) is 0 Å². The third kappa shape index (κ3) is 2.81. The Bertz CT molecular complexity index is 994. The summed E-state index contributed by atoms with van der Waals surface area (Å²) >= 11 is 0. The number of halogens is 3. The standard InChI is InChI=1S/C22H15F3N2/c23-18-9-5-16(6-10-18)22(27-14-13-26-15-27,17-7-11-19(24)12-8-17)20-3-1-2-4-21(20)25/h1-15H. The Kier molecular flexibility index (Phi) is 4.28. The Morgan fingerprint density at radius 3 is 1.74 bits per heavy atom. The molecule has 0 atom stereocenters. The van der Waals surface area contributed by atoms with Crippen molar-refractivity contribution in [3.63, 3.8) is 0 Å². The Hall–Kier alpha value is -3.34. The van der Waals surface area contributed by atoms with Gasteiger partial charge in [0.2, 0.25) is 0 Å². The van der Waals surface area contributed by atoms with E-state index in [9.17, 15) is 8.78 Å². The normalized spacial score (nSPS) is 11.5. The van der Waals surface area contributed by atoms with Gasteiger partial charge in [-0.05, 0) is 41.5 Å². The summed E-state index contributed by atoms with van der Waals surface area (Å²) in [6, 6.07) is 18.1. The number of hydrogen-bond acceptors (Lipinski definition) is 1. The van der Waals surface area contributed by atoms with Crippen LogP contribution in [0.1, 0.15) is 16.7 Å². The molecular weight excluding hydrogens is 349 g/mol. The maximum Gasteiger partial charge on any atom is 0.129 e. The number of rotatable bonds is 4. The van der Waals surface area contributed by atoms with Crippen molar-refractivity contribution in [1.29, 1.82) is 0 Å². The first-order chi connectivity index (χ1) is 13.1. The van der Waals surface area contributed by atoms with E-state index in [4.69, 9.17) is 0 Å². The summed E-state index contributed by atoms with van der Waals surface area (Å²) in [6.45, 7) is 0. The summed E-state index contributed by atoms with van der Waals surface area (Å²) in [5.41, 5.74) is 0.418. The van der Waals surface area contributed by atoms with Gasteiger partial charge in [0, 0.05) is 18.0 Å². The number of nitrogens with zero attached hydrogens (tertiary/aromatic N) is 2. The Balaban J connectivity index is 2.14. The number of imidazole rings is 1. The van der Waals surface area contributed by atoms with E-state index < -0.39 is 23.0 Å². The van der Waals surface area contributed by atoms with Crippen LogP contribution in [0.2, 0.25) is 0 Å². The first kappa shape index (κ1) is 17.1. The molecule has 3 aromatic carbocycles. The third-order valence-corrected chi connectivity index (χ3v) is 4.68. The number of hydrogen-bond donors (Lipinski definition) is 0. The molecule has 0 aliphatic heterocycles. The van der Waals surface area contributed by atoms with E-state index in [0.29, 0.717) is 16.7 Å². The van der Waals surface area contributed by atoms with Gasteiger partial charge in [0.15, 0.2) is 0 Å². The Morgan fingerprint density at radius 2 is 1.26 bits per heavy atom. The highest BCUT2D eigenvalue weighted by atomic mass is 19.1. The van der Waals surface area contributed by atoms with Crippen molar-refractivity contribution in [2.45, 2.75) is 5.54 Å². The van der Waals surface area contributed by atoms with Crippen LogP contribution in [-0.4, -0.2) is 9.55 Å². The van der Waals surface area contributed by atoms with Crippen LogP contribution in [0.4, 0.5) is 13.2 Å². The van der Waals surface area contributed by atoms with Gasteiger partial charge in [-0.3, -0.25) is 0 Å². The van der Waals surface area contributed by atoms with Crippen molar-refractivity contribution in [3.05, 3.63) is 126 Å². The third-order valence-electron chi connectivity index (χ3n) is 4.68. The fourth-order valence-corrected chi connectivity index (χ4v) is 3.51. The second-order valence-corrected chi connectivity index (χ2v) is 6.17. The van der Waals surface area contributed by atoms with E-state index in [0.717, 1.165) is 0 Å². The van der Waals surface area contributed by atoms with Crippen LogP contribution in [0.5, 0.6) is 0 Å². The topological polar surface area (TPSA) is 17.8 Å². The van der Waals surface area contributed by atoms with Gasteiger partial charge in [0.25, 0.3) is 0 Å². The van der Waals surface area contributed by atoms with Crippen molar-refractivity contribution in [1.82, 2.24) is 9.55 Å². The first-order valence-electron chi connectivity index (χ1n) is 8.38. The van der Waals surface area contributed by atoms with Gasteiger partial charge in [-0.15, -0.1) is 0 Å². The van der Waals surface area contributed by atoms with Crippen molar-refractivity contribution in [2.75, 3.05) is 0 Å².